The molecule has 0 aliphatic heterocycles. The fourth-order valence-corrected chi connectivity index (χ4v) is 1.80. The molecule has 3 heteroatoms. The van der Waals surface area contributed by atoms with Crippen molar-refractivity contribution in [3.8, 4) is 0 Å². The van der Waals surface area contributed by atoms with E-state index in [0.717, 1.165) is 17.7 Å². The highest BCUT2D eigenvalue weighted by Gasteiger charge is 2.38. The topological polar surface area (TPSA) is 53.4 Å². The van der Waals surface area contributed by atoms with Gasteiger partial charge in [-0.2, -0.15) is 0 Å². The van der Waals surface area contributed by atoms with Gasteiger partial charge in [-0.3, -0.25) is 4.98 Å². The Kier molecular flexibility index (Phi) is 2.52. The van der Waals surface area contributed by atoms with Crippen molar-refractivity contribution in [2.24, 2.45) is 5.92 Å². The van der Waals surface area contributed by atoms with Crippen LogP contribution in [0.15, 0.2) is 18.3 Å². The van der Waals surface area contributed by atoms with Gasteiger partial charge in [-0.25, -0.2) is 0 Å². The first-order valence-electron chi connectivity index (χ1n) is 5.32. The number of pyridine rings is 1. The summed E-state index contributed by atoms with van der Waals surface area (Å²) in [7, 11) is 0. The van der Waals surface area contributed by atoms with E-state index in [1.807, 2.05) is 12.1 Å². The minimum atomic E-state index is -0.828. The first-order valence-corrected chi connectivity index (χ1v) is 5.32. The van der Waals surface area contributed by atoms with Crippen molar-refractivity contribution in [2.75, 3.05) is 6.61 Å². The van der Waals surface area contributed by atoms with Crippen LogP contribution in [0.3, 0.4) is 0 Å². The van der Waals surface area contributed by atoms with Gasteiger partial charge < -0.3 is 10.2 Å². The van der Waals surface area contributed by atoms with Crippen molar-refractivity contribution in [3.63, 3.8) is 0 Å². The fraction of sp³-hybridized carbons (Fsp3) is 0.583. The molecule has 3 nitrogen and oxygen atoms in total. The van der Waals surface area contributed by atoms with E-state index in [9.17, 15) is 5.11 Å². The van der Waals surface area contributed by atoms with Crippen LogP contribution in [0.4, 0.5) is 0 Å². The molecule has 1 heterocycles. The summed E-state index contributed by atoms with van der Waals surface area (Å²) in [5.41, 5.74) is 1.03. The molecule has 2 N–H and O–H groups in total. The predicted octanol–water partition coefficient (Wildman–Crippen LogP) is 1.40. The molecule has 2 rings (SSSR count). The standard InChI is InChI=1S/C12H17NO2/c1-12(2,15)9-3-4-11(13-6-9)10-5-8(10)7-14/h3-4,6,8,10,14-15H,5,7H2,1-2H3/t8-,10+/m1/s1. The lowest BCUT2D eigenvalue weighted by atomic mass is 10.00. The maximum absolute atomic E-state index is 9.75. The SMILES string of the molecule is CC(C)(O)c1ccc([C@H]2C[C@@H]2CO)nc1. The molecule has 82 valence electrons. The van der Waals surface area contributed by atoms with Crippen LogP contribution < -0.4 is 0 Å². The second-order valence-corrected chi connectivity index (χ2v) is 4.82. The maximum Gasteiger partial charge on any atom is 0.0855 e. The minimum Gasteiger partial charge on any atom is -0.396 e. The Morgan fingerprint density at radius 2 is 2.20 bits per heavy atom. The molecule has 0 aromatic carbocycles. The number of aliphatic hydroxyl groups excluding tert-OH is 1. The molecule has 0 amide bonds. The Morgan fingerprint density at radius 1 is 1.47 bits per heavy atom. The molecule has 1 aromatic rings. The number of rotatable bonds is 3. The molecule has 0 bridgehead atoms. The van der Waals surface area contributed by atoms with Crippen LogP contribution in [-0.4, -0.2) is 21.8 Å². The normalized spacial score (nSPS) is 25.3. The summed E-state index contributed by atoms with van der Waals surface area (Å²) in [6.45, 7) is 3.74. The van der Waals surface area contributed by atoms with Crippen molar-refractivity contribution in [1.29, 1.82) is 0 Å². The van der Waals surface area contributed by atoms with Gasteiger partial charge in [0.05, 0.1) is 5.60 Å². The molecule has 0 spiro atoms. The van der Waals surface area contributed by atoms with Crippen molar-refractivity contribution in [3.05, 3.63) is 29.6 Å². The smallest absolute Gasteiger partial charge is 0.0855 e. The molecule has 0 radical (unpaired) electrons. The number of aromatic nitrogens is 1. The highest BCUT2D eigenvalue weighted by molar-refractivity contribution is 5.24. The summed E-state index contributed by atoms with van der Waals surface area (Å²) in [6.07, 6.45) is 2.76. The van der Waals surface area contributed by atoms with Gasteiger partial charge in [-0.05, 0) is 32.3 Å². The third-order valence-electron chi connectivity index (χ3n) is 3.03. The summed E-state index contributed by atoms with van der Waals surface area (Å²) in [6, 6.07) is 3.86. The van der Waals surface area contributed by atoms with E-state index in [-0.39, 0.29) is 6.61 Å². The van der Waals surface area contributed by atoms with Crippen LogP contribution in [0.2, 0.25) is 0 Å². The summed E-state index contributed by atoms with van der Waals surface area (Å²) in [4.78, 5) is 4.33. The van der Waals surface area contributed by atoms with E-state index in [2.05, 4.69) is 4.98 Å². The number of nitrogens with zero attached hydrogens (tertiary/aromatic N) is 1. The quantitative estimate of drug-likeness (QED) is 0.787. The van der Waals surface area contributed by atoms with Crippen LogP contribution in [0.25, 0.3) is 0 Å². The Balaban J connectivity index is 2.12. The molecule has 1 saturated carbocycles. The second-order valence-electron chi connectivity index (χ2n) is 4.82. The fourth-order valence-electron chi connectivity index (χ4n) is 1.80. The van der Waals surface area contributed by atoms with Gasteiger partial charge in [-0.1, -0.05) is 6.07 Å². The lowest BCUT2D eigenvalue weighted by Crippen LogP contribution is -2.15. The van der Waals surface area contributed by atoms with E-state index in [4.69, 9.17) is 5.11 Å². The highest BCUT2D eigenvalue weighted by Crippen LogP contribution is 2.46. The van der Waals surface area contributed by atoms with Crippen molar-refractivity contribution < 1.29 is 10.2 Å². The van der Waals surface area contributed by atoms with Gasteiger partial charge in [0.1, 0.15) is 0 Å². The molecule has 15 heavy (non-hydrogen) atoms. The Bertz CT molecular complexity index is 340. The summed E-state index contributed by atoms with van der Waals surface area (Å²) in [5.74, 6) is 0.816. The van der Waals surface area contributed by atoms with Gasteiger partial charge >= 0.3 is 0 Å². The molecule has 1 aliphatic rings. The molecular formula is C12H17NO2. The lowest BCUT2D eigenvalue weighted by molar-refractivity contribution is 0.0782. The van der Waals surface area contributed by atoms with Gasteiger partial charge in [0.15, 0.2) is 0 Å². The molecule has 1 aliphatic carbocycles. The van der Waals surface area contributed by atoms with E-state index in [1.165, 1.54) is 0 Å². The van der Waals surface area contributed by atoms with Crippen LogP contribution in [0.5, 0.6) is 0 Å². The zero-order chi connectivity index (χ0) is 11.1. The van der Waals surface area contributed by atoms with Crippen LogP contribution in [0, 0.1) is 5.92 Å². The van der Waals surface area contributed by atoms with Crippen LogP contribution >= 0.6 is 0 Å². The van der Waals surface area contributed by atoms with Gasteiger partial charge in [0.25, 0.3) is 0 Å². The van der Waals surface area contributed by atoms with Crippen LogP contribution in [0.1, 0.15) is 37.4 Å². The number of aliphatic hydroxyl groups is 2. The van der Waals surface area contributed by atoms with Crippen LogP contribution in [-0.2, 0) is 5.60 Å². The second kappa shape index (κ2) is 3.58. The Hall–Kier alpha value is -0.930. The van der Waals surface area contributed by atoms with Crippen molar-refractivity contribution in [1.82, 2.24) is 4.98 Å². The van der Waals surface area contributed by atoms with E-state index >= 15 is 0 Å². The zero-order valence-electron chi connectivity index (χ0n) is 9.14. The average molecular weight is 207 g/mol. The largest absolute Gasteiger partial charge is 0.396 e. The average Bonchev–Trinajstić information content (AvgIpc) is 2.95. The number of hydrogen-bond donors (Lipinski definition) is 2. The molecule has 2 atom stereocenters. The minimum absolute atomic E-state index is 0.250. The Morgan fingerprint density at radius 3 is 2.60 bits per heavy atom. The maximum atomic E-state index is 9.75. The summed E-state index contributed by atoms with van der Waals surface area (Å²) in [5, 5.41) is 18.7. The lowest BCUT2D eigenvalue weighted by Gasteiger charge is -2.17. The van der Waals surface area contributed by atoms with Gasteiger partial charge in [0.2, 0.25) is 0 Å². The van der Waals surface area contributed by atoms with E-state index < -0.39 is 5.60 Å². The summed E-state index contributed by atoms with van der Waals surface area (Å²) < 4.78 is 0. The summed E-state index contributed by atoms with van der Waals surface area (Å²) >= 11 is 0. The van der Waals surface area contributed by atoms with E-state index in [0.29, 0.717) is 11.8 Å². The van der Waals surface area contributed by atoms with Crippen molar-refractivity contribution >= 4 is 0 Å². The predicted molar refractivity (Wildman–Crippen MR) is 57.4 cm³/mol. The van der Waals surface area contributed by atoms with Crippen molar-refractivity contribution in [2.45, 2.75) is 31.8 Å². The first kappa shape index (κ1) is 10.6. The molecule has 0 saturated heterocycles. The third-order valence-corrected chi connectivity index (χ3v) is 3.03. The van der Waals surface area contributed by atoms with E-state index in [1.54, 1.807) is 20.0 Å². The molecular weight excluding hydrogens is 190 g/mol. The molecule has 1 fully saturated rings. The first-order chi connectivity index (χ1) is 7.02. The van der Waals surface area contributed by atoms with Gasteiger partial charge in [-0.15, -0.1) is 0 Å². The Labute approximate surface area is 89.8 Å². The van der Waals surface area contributed by atoms with Gasteiger partial charge in [0, 0.05) is 30.0 Å². The highest BCUT2D eigenvalue weighted by atomic mass is 16.3. The zero-order valence-corrected chi connectivity index (χ0v) is 9.14. The molecule has 1 aromatic heterocycles. The number of hydrogen-bond acceptors (Lipinski definition) is 3. The molecule has 0 unspecified atom stereocenters. The monoisotopic (exact) mass is 207 g/mol. The third kappa shape index (κ3) is 2.19.